The van der Waals surface area contributed by atoms with Gasteiger partial charge in [-0.2, -0.15) is 0 Å². The lowest BCUT2D eigenvalue weighted by Crippen LogP contribution is -2.19. The SMILES string of the molecule is Cc1cnc2ccc(Oc3ccc(NC(=O)Nc4ccc(Cl)c(F)c4)cc3F)cc2n1. The van der Waals surface area contributed by atoms with Crippen LogP contribution in [0, 0.1) is 18.6 Å². The lowest BCUT2D eigenvalue weighted by atomic mass is 10.2. The molecule has 9 heteroatoms. The summed E-state index contributed by atoms with van der Waals surface area (Å²) in [6.07, 6.45) is 1.66. The summed E-state index contributed by atoms with van der Waals surface area (Å²) < 4.78 is 33.6. The number of nitrogens with zero attached hydrogens (tertiary/aromatic N) is 2. The second-order valence-electron chi connectivity index (χ2n) is 6.62. The van der Waals surface area contributed by atoms with Crippen molar-refractivity contribution in [2.75, 3.05) is 10.6 Å². The van der Waals surface area contributed by atoms with Gasteiger partial charge in [-0.3, -0.25) is 4.98 Å². The van der Waals surface area contributed by atoms with E-state index < -0.39 is 17.7 Å². The van der Waals surface area contributed by atoms with E-state index in [1.807, 2.05) is 6.92 Å². The van der Waals surface area contributed by atoms with Crippen LogP contribution in [0.15, 0.2) is 60.8 Å². The molecule has 0 saturated heterocycles. The highest BCUT2D eigenvalue weighted by molar-refractivity contribution is 6.30. The number of ether oxygens (including phenoxy) is 1. The maximum Gasteiger partial charge on any atom is 0.323 e. The summed E-state index contributed by atoms with van der Waals surface area (Å²) in [6, 6.07) is 12.2. The number of carbonyl (C=O) groups excluding carboxylic acids is 1. The molecule has 0 aliphatic rings. The van der Waals surface area contributed by atoms with Crippen molar-refractivity contribution in [3.05, 3.63) is 83.1 Å². The molecule has 1 heterocycles. The minimum atomic E-state index is -0.675. The quantitative estimate of drug-likeness (QED) is 0.390. The number of amides is 2. The van der Waals surface area contributed by atoms with E-state index in [1.165, 1.54) is 24.3 Å². The number of benzene rings is 3. The third-order valence-electron chi connectivity index (χ3n) is 4.23. The standard InChI is InChI=1S/C22H15ClF2N4O2/c1-12-11-26-19-6-4-15(10-20(19)27-12)31-21-7-3-14(9-18(21)25)29-22(30)28-13-2-5-16(23)17(24)8-13/h2-11H,1H3,(H2,28,29,30). The predicted molar refractivity (Wildman–Crippen MR) is 115 cm³/mol. The smallest absolute Gasteiger partial charge is 0.323 e. The van der Waals surface area contributed by atoms with Gasteiger partial charge in [0.05, 0.1) is 21.7 Å². The number of hydrogen-bond acceptors (Lipinski definition) is 4. The first kappa shape index (κ1) is 20.5. The lowest BCUT2D eigenvalue weighted by Gasteiger charge is -2.11. The van der Waals surface area contributed by atoms with Gasteiger partial charge >= 0.3 is 6.03 Å². The van der Waals surface area contributed by atoms with Crippen molar-refractivity contribution in [2.24, 2.45) is 0 Å². The molecule has 0 fully saturated rings. The number of urea groups is 1. The van der Waals surface area contributed by atoms with E-state index in [4.69, 9.17) is 16.3 Å². The van der Waals surface area contributed by atoms with Gasteiger partial charge in [0.25, 0.3) is 0 Å². The van der Waals surface area contributed by atoms with Gasteiger partial charge in [-0.15, -0.1) is 0 Å². The molecule has 2 N–H and O–H groups in total. The lowest BCUT2D eigenvalue weighted by molar-refractivity contribution is 0.262. The van der Waals surface area contributed by atoms with Crippen LogP contribution in [0.3, 0.4) is 0 Å². The van der Waals surface area contributed by atoms with E-state index in [0.29, 0.717) is 16.8 Å². The van der Waals surface area contributed by atoms with Crippen molar-refractivity contribution in [1.82, 2.24) is 9.97 Å². The van der Waals surface area contributed by atoms with Gasteiger partial charge < -0.3 is 15.4 Å². The molecule has 0 aliphatic heterocycles. The Kier molecular flexibility index (Phi) is 5.64. The van der Waals surface area contributed by atoms with Gasteiger partial charge in [0.2, 0.25) is 0 Å². The highest BCUT2D eigenvalue weighted by Gasteiger charge is 2.10. The summed E-state index contributed by atoms with van der Waals surface area (Å²) in [7, 11) is 0. The number of hydrogen-bond donors (Lipinski definition) is 2. The third kappa shape index (κ3) is 4.87. The van der Waals surface area contributed by atoms with Crippen molar-refractivity contribution in [3.8, 4) is 11.5 Å². The molecule has 4 rings (SSSR count). The minimum absolute atomic E-state index is 0.0225. The zero-order valence-corrected chi connectivity index (χ0v) is 16.9. The zero-order chi connectivity index (χ0) is 22.0. The van der Waals surface area contributed by atoms with Crippen LogP contribution in [0.2, 0.25) is 5.02 Å². The van der Waals surface area contributed by atoms with E-state index in [1.54, 1.807) is 24.4 Å². The molecule has 0 unspecified atom stereocenters. The van der Waals surface area contributed by atoms with Gasteiger partial charge in [-0.05, 0) is 49.4 Å². The van der Waals surface area contributed by atoms with Crippen LogP contribution in [0.5, 0.6) is 11.5 Å². The maximum atomic E-state index is 14.5. The monoisotopic (exact) mass is 440 g/mol. The number of fused-ring (bicyclic) bond motifs is 1. The Labute approximate surface area is 180 Å². The average Bonchev–Trinajstić information content (AvgIpc) is 2.72. The molecule has 4 aromatic rings. The molecule has 1 aromatic heterocycles. The van der Waals surface area contributed by atoms with Crippen LogP contribution >= 0.6 is 11.6 Å². The van der Waals surface area contributed by atoms with Crippen LogP contribution in [0.1, 0.15) is 5.69 Å². The Morgan fingerprint density at radius 3 is 2.35 bits per heavy atom. The van der Waals surface area contributed by atoms with Crippen LogP contribution in [0.4, 0.5) is 25.0 Å². The molecular formula is C22H15ClF2N4O2. The number of carbonyl (C=O) groups is 1. The van der Waals surface area contributed by atoms with Crippen LogP contribution < -0.4 is 15.4 Å². The second-order valence-corrected chi connectivity index (χ2v) is 7.02. The number of aryl methyl sites for hydroxylation is 1. The van der Waals surface area contributed by atoms with E-state index in [2.05, 4.69) is 20.6 Å². The minimum Gasteiger partial charge on any atom is -0.454 e. The molecule has 6 nitrogen and oxygen atoms in total. The van der Waals surface area contributed by atoms with E-state index in [9.17, 15) is 13.6 Å². The fourth-order valence-corrected chi connectivity index (χ4v) is 2.92. The van der Waals surface area contributed by atoms with E-state index in [0.717, 1.165) is 17.8 Å². The van der Waals surface area contributed by atoms with Crippen molar-refractivity contribution in [1.29, 1.82) is 0 Å². The van der Waals surface area contributed by atoms with E-state index in [-0.39, 0.29) is 22.1 Å². The Balaban J connectivity index is 1.45. The van der Waals surface area contributed by atoms with Crippen molar-refractivity contribution in [2.45, 2.75) is 6.92 Å². The molecule has 0 saturated carbocycles. The molecule has 31 heavy (non-hydrogen) atoms. The van der Waals surface area contributed by atoms with Crippen LogP contribution in [-0.4, -0.2) is 16.0 Å². The predicted octanol–water partition coefficient (Wildman–Crippen LogP) is 6.31. The first-order valence-electron chi connectivity index (χ1n) is 9.11. The fraction of sp³-hybridized carbons (Fsp3) is 0.0455. The normalized spacial score (nSPS) is 10.7. The summed E-state index contributed by atoms with van der Waals surface area (Å²) in [4.78, 5) is 20.7. The first-order valence-corrected chi connectivity index (χ1v) is 9.49. The molecule has 0 bridgehead atoms. The second kappa shape index (κ2) is 8.53. The van der Waals surface area contributed by atoms with Crippen molar-refractivity contribution >= 4 is 40.0 Å². The molecule has 0 atom stereocenters. The van der Waals surface area contributed by atoms with Crippen molar-refractivity contribution < 1.29 is 18.3 Å². The van der Waals surface area contributed by atoms with Gasteiger partial charge in [0, 0.05) is 29.7 Å². The molecule has 0 spiro atoms. The van der Waals surface area contributed by atoms with Crippen molar-refractivity contribution in [3.63, 3.8) is 0 Å². The topological polar surface area (TPSA) is 76.1 Å². The first-order chi connectivity index (χ1) is 14.9. The Morgan fingerprint density at radius 2 is 1.65 bits per heavy atom. The van der Waals surface area contributed by atoms with Gasteiger partial charge in [-0.1, -0.05) is 11.6 Å². The third-order valence-corrected chi connectivity index (χ3v) is 4.54. The Morgan fingerprint density at radius 1 is 0.935 bits per heavy atom. The fourth-order valence-electron chi connectivity index (χ4n) is 2.80. The van der Waals surface area contributed by atoms with Crippen LogP contribution in [0.25, 0.3) is 11.0 Å². The summed E-state index contributed by atoms with van der Waals surface area (Å²) in [5.74, 6) is -0.965. The maximum absolute atomic E-state index is 14.5. The number of rotatable bonds is 4. The zero-order valence-electron chi connectivity index (χ0n) is 16.1. The highest BCUT2D eigenvalue weighted by atomic mass is 35.5. The van der Waals surface area contributed by atoms with E-state index >= 15 is 0 Å². The number of anilines is 2. The molecule has 156 valence electrons. The van der Waals surface area contributed by atoms with Gasteiger partial charge in [0.15, 0.2) is 11.6 Å². The molecule has 3 aromatic carbocycles. The highest BCUT2D eigenvalue weighted by Crippen LogP contribution is 2.28. The van der Waals surface area contributed by atoms with Gasteiger partial charge in [-0.25, -0.2) is 18.6 Å². The van der Waals surface area contributed by atoms with Gasteiger partial charge in [0.1, 0.15) is 11.6 Å². The number of aromatic nitrogens is 2. The molecule has 2 amide bonds. The molecule has 0 radical (unpaired) electrons. The number of halogens is 3. The Hall–Kier alpha value is -3.78. The number of nitrogens with one attached hydrogen (secondary N) is 2. The molecule has 0 aliphatic carbocycles. The summed E-state index contributed by atoms with van der Waals surface area (Å²) in [5.41, 5.74) is 2.48. The average molecular weight is 441 g/mol. The summed E-state index contributed by atoms with van der Waals surface area (Å²) in [5, 5.41) is 4.85. The largest absolute Gasteiger partial charge is 0.454 e. The summed E-state index contributed by atoms with van der Waals surface area (Å²) in [6.45, 7) is 1.82. The Bertz CT molecular complexity index is 1300. The summed E-state index contributed by atoms with van der Waals surface area (Å²) >= 11 is 5.61. The molecular weight excluding hydrogens is 426 g/mol. The van der Waals surface area contributed by atoms with Crippen LogP contribution in [-0.2, 0) is 0 Å².